The first-order chi connectivity index (χ1) is 8.43. The van der Waals surface area contributed by atoms with Gasteiger partial charge in [0.2, 0.25) is 0 Å². The summed E-state index contributed by atoms with van der Waals surface area (Å²) in [6, 6.07) is 4.41. The predicted molar refractivity (Wildman–Crippen MR) is 71.5 cm³/mol. The van der Waals surface area contributed by atoms with E-state index in [2.05, 4.69) is 13.8 Å². The highest BCUT2D eigenvalue weighted by molar-refractivity contribution is 6.34. The van der Waals surface area contributed by atoms with Crippen molar-refractivity contribution in [1.82, 2.24) is 0 Å². The smallest absolute Gasteiger partial charge is 0.170 e. The number of benzene rings is 1. The van der Waals surface area contributed by atoms with Crippen LogP contribution < -0.4 is 0 Å². The summed E-state index contributed by atoms with van der Waals surface area (Å²) in [5.41, 5.74) is 0.000141. The molecule has 0 bridgehead atoms. The molecule has 0 spiro atoms. The van der Waals surface area contributed by atoms with Crippen LogP contribution >= 0.6 is 11.6 Å². The lowest BCUT2D eigenvalue weighted by Crippen LogP contribution is -2.34. The first-order valence-electron chi connectivity index (χ1n) is 6.42. The molecule has 1 fully saturated rings. The van der Waals surface area contributed by atoms with Gasteiger partial charge < -0.3 is 0 Å². The maximum atomic E-state index is 13.8. The van der Waals surface area contributed by atoms with E-state index >= 15 is 0 Å². The average Bonchev–Trinajstić information content (AvgIpc) is 2.27. The van der Waals surface area contributed by atoms with Gasteiger partial charge in [0.05, 0.1) is 10.6 Å². The van der Waals surface area contributed by atoms with Gasteiger partial charge in [-0.15, -0.1) is 0 Å². The third-order valence-corrected chi connectivity index (χ3v) is 4.35. The van der Waals surface area contributed by atoms with Gasteiger partial charge in [0, 0.05) is 5.92 Å². The third-order valence-electron chi connectivity index (χ3n) is 4.03. The van der Waals surface area contributed by atoms with Crippen LogP contribution in [0.4, 0.5) is 4.39 Å². The molecule has 1 aromatic carbocycles. The number of carbonyl (C=O) groups excluding carboxylic acids is 1. The van der Waals surface area contributed by atoms with Crippen LogP contribution in [0.5, 0.6) is 0 Å². The van der Waals surface area contributed by atoms with E-state index in [4.69, 9.17) is 11.6 Å². The lowest BCUT2D eigenvalue weighted by molar-refractivity contribution is 0.0693. The van der Waals surface area contributed by atoms with Crippen molar-refractivity contribution in [3.05, 3.63) is 34.6 Å². The molecule has 1 aliphatic rings. The molecule has 1 atom stereocenters. The van der Waals surface area contributed by atoms with E-state index in [-0.39, 0.29) is 27.7 Å². The molecule has 0 aliphatic heterocycles. The summed E-state index contributed by atoms with van der Waals surface area (Å²) in [5.74, 6) is -0.766. The highest BCUT2D eigenvalue weighted by atomic mass is 35.5. The van der Waals surface area contributed by atoms with Gasteiger partial charge in [-0.25, -0.2) is 4.39 Å². The van der Waals surface area contributed by atoms with E-state index in [9.17, 15) is 9.18 Å². The monoisotopic (exact) mass is 268 g/mol. The fraction of sp³-hybridized carbons (Fsp3) is 0.533. The van der Waals surface area contributed by atoms with Crippen molar-refractivity contribution in [3.63, 3.8) is 0 Å². The summed E-state index contributed by atoms with van der Waals surface area (Å²) < 4.78 is 13.8. The zero-order chi connectivity index (χ0) is 13.3. The Morgan fingerprint density at radius 1 is 1.39 bits per heavy atom. The normalized spacial score (nSPS) is 22.8. The molecule has 3 heteroatoms. The Bertz CT molecular complexity index is 447. The molecule has 2 rings (SSSR count). The molecule has 1 aromatic rings. The van der Waals surface area contributed by atoms with Crippen molar-refractivity contribution >= 4 is 17.4 Å². The van der Waals surface area contributed by atoms with Gasteiger partial charge in [0.25, 0.3) is 0 Å². The second-order valence-electron chi connectivity index (χ2n) is 5.75. The topological polar surface area (TPSA) is 17.1 Å². The van der Waals surface area contributed by atoms with Gasteiger partial charge in [-0.1, -0.05) is 44.4 Å². The van der Waals surface area contributed by atoms with Crippen molar-refractivity contribution < 1.29 is 9.18 Å². The van der Waals surface area contributed by atoms with Gasteiger partial charge in [-0.05, 0) is 30.4 Å². The molecule has 18 heavy (non-hydrogen) atoms. The van der Waals surface area contributed by atoms with E-state index < -0.39 is 5.82 Å². The summed E-state index contributed by atoms with van der Waals surface area (Å²) in [7, 11) is 0. The van der Waals surface area contributed by atoms with Crippen LogP contribution in [0, 0.1) is 17.2 Å². The molecule has 0 saturated heterocycles. The van der Waals surface area contributed by atoms with E-state index in [0.717, 1.165) is 25.7 Å². The van der Waals surface area contributed by atoms with Crippen molar-refractivity contribution in [2.75, 3.05) is 0 Å². The number of halogens is 2. The van der Waals surface area contributed by atoms with Crippen LogP contribution in [0.2, 0.25) is 5.02 Å². The van der Waals surface area contributed by atoms with Crippen LogP contribution in [0.1, 0.15) is 49.9 Å². The Morgan fingerprint density at radius 2 is 2.11 bits per heavy atom. The van der Waals surface area contributed by atoms with Crippen molar-refractivity contribution in [2.24, 2.45) is 11.3 Å². The lowest BCUT2D eigenvalue weighted by Gasteiger charge is -2.37. The molecule has 1 aliphatic carbocycles. The first-order valence-corrected chi connectivity index (χ1v) is 6.79. The highest BCUT2D eigenvalue weighted by Gasteiger charge is 2.38. The van der Waals surface area contributed by atoms with Gasteiger partial charge in [-0.2, -0.15) is 0 Å². The van der Waals surface area contributed by atoms with E-state index in [1.165, 1.54) is 12.1 Å². The second kappa shape index (κ2) is 5.00. The van der Waals surface area contributed by atoms with E-state index in [1.54, 1.807) is 6.07 Å². The largest absolute Gasteiger partial charge is 0.294 e. The zero-order valence-corrected chi connectivity index (χ0v) is 11.6. The second-order valence-corrected chi connectivity index (χ2v) is 6.16. The minimum atomic E-state index is -0.506. The van der Waals surface area contributed by atoms with Gasteiger partial charge in [0.15, 0.2) is 5.78 Å². The minimum Gasteiger partial charge on any atom is -0.294 e. The standard InChI is InChI=1S/C15H18ClFO/c1-15(2)9-4-3-6-10(15)14(18)13-11(16)7-5-8-12(13)17/h5,7-8,10H,3-4,6,9H2,1-2H3. The molecular formula is C15H18ClFO. The number of carbonyl (C=O) groups is 1. The SMILES string of the molecule is CC1(C)CCCCC1C(=O)c1c(F)cccc1Cl. The first kappa shape index (κ1) is 13.5. The van der Waals surface area contributed by atoms with Gasteiger partial charge in [-0.3, -0.25) is 4.79 Å². The predicted octanol–water partition coefficient (Wildman–Crippen LogP) is 4.88. The highest BCUT2D eigenvalue weighted by Crippen LogP contribution is 2.43. The molecule has 1 unspecified atom stereocenters. The summed E-state index contributed by atoms with van der Waals surface area (Å²) in [4.78, 5) is 12.5. The van der Waals surface area contributed by atoms with Crippen molar-refractivity contribution in [1.29, 1.82) is 0 Å². The third kappa shape index (κ3) is 2.44. The Balaban J connectivity index is 2.36. The molecule has 0 amide bonds. The Kier molecular flexibility index (Phi) is 3.76. The molecule has 98 valence electrons. The quantitative estimate of drug-likeness (QED) is 0.699. The fourth-order valence-electron chi connectivity index (χ4n) is 2.89. The molecule has 0 N–H and O–H groups in total. The van der Waals surface area contributed by atoms with Crippen molar-refractivity contribution in [3.8, 4) is 0 Å². The van der Waals surface area contributed by atoms with E-state index in [0.29, 0.717) is 0 Å². The average molecular weight is 269 g/mol. The molecule has 0 radical (unpaired) electrons. The Morgan fingerprint density at radius 3 is 2.72 bits per heavy atom. The van der Waals surface area contributed by atoms with Crippen LogP contribution in [-0.4, -0.2) is 5.78 Å². The van der Waals surface area contributed by atoms with Crippen molar-refractivity contribution in [2.45, 2.75) is 39.5 Å². The summed E-state index contributed by atoms with van der Waals surface area (Å²) in [6.07, 6.45) is 4.01. The molecule has 0 heterocycles. The summed E-state index contributed by atoms with van der Waals surface area (Å²) >= 11 is 5.98. The van der Waals surface area contributed by atoms with Crippen LogP contribution in [0.15, 0.2) is 18.2 Å². The number of hydrogen-bond acceptors (Lipinski definition) is 1. The fourth-order valence-corrected chi connectivity index (χ4v) is 3.14. The van der Waals surface area contributed by atoms with Gasteiger partial charge in [0.1, 0.15) is 5.82 Å². The summed E-state index contributed by atoms with van der Waals surface area (Å²) in [6.45, 7) is 4.17. The minimum absolute atomic E-state index is 0.0685. The Hall–Kier alpha value is -0.890. The molecule has 0 aromatic heterocycles. The van der Waals surface area contributed by atoms with E-state index in [1.807, 2.05) is 0 Å². The number of Topliss-reactive ketones (excluding diaryl/α,β-unsaturated/α-hetero) is 1. The van der Waals surface area contributed by atoms with Crippen LogP contribution in [0.25, 0.3) is 0 Å². The number of ketones is 1. The molecular weight excluding hydrogens is 251 g/mol. The number of rotatable bonds is 2. The maximum Gasteiger partial charge on any atom is 0.170 e. The number of hydrogen-bond donors (Lipinski definition) is 0. The van der Waals surface area contributed by atoms with Crippen LogP contribution in [0.3, 0.4) is 0 Å². The van der Waals surface area contributed by atoms with Gasteiger partial charge >= 0.3 is 0 Å². The lowest BCUT2D eigenvalue weighted by atomic mass is 9.66. The zero-order valence-electron chi connectivity index (χ0n) is 10.8. The maximum absolute atomic E-state index is 13.8. The van der Waals surface area contributed by atoms with Crippen LogP contribution in [-0.2, 0) is 0 Å². The molecule has 1 saturated carbocycles. The Labute approximate surface area is 112 Å². The summed E-state index contributed by atoms with van der Waals surface area (Å²) in [5, 5.41) is 0.223. The molecule has 1 nitrogen and oxygen atoms in total.